The first kappa shape index (κ1) is 36.4. The first-order valence-electron chi connectivity index (χ1n) is 15.3. The smallest absolute Gasteiger partial charge is 0.417 e. The molecule has 6 aromatic rings. The van der Waals surface area contributed by atoms with E-state index in [9.17, 15) is 40.7 Å². The Kier molecular flexibility index (Phi) is 9.86. The van der Waals surface area contributed by atoms with Crippen molar-refractivity contribution in [3.05, 3.63) is 138 Å². The average Bonchev–Trinajstić information content (AvgIpc) is 3.10. The Bertz CT molecular complexity index is 2460. The number of benzene rings is 3. The van der Waals surface area contributed by atoms with Crippen LogP contribution in [0.1, 0.15) is 21.5 Å². The van der Waals surface area contributed by atoms with Crippen LogP contribution in [0.5, 0.6) is 0 Å². The highest BCUT2D eigenvalue weighted by Crippen LogP contribution is 2.33. The van der Waals surface area contributed by atoms with Crippen LogP contribution in [-0.2, 0) is 27.4 Å². The second kappa shape index (κ2) is 14.3. The summed E-state index contributed by atoms with van der Waals surface area (Å²) >= 11 is 0. The molecule has 0 bridgehead atoms. The fraction of sp³-hybridized carbons (Fsp3) is 0.0833. The number of alkyl halides is 3. The van der Waals surface area contributed by atoms with Crippen LogP contribution >= 0.6 is 0 Å². The largest absolute Gasteiger partial charge is 0.480 e. The predicted octanol–water partition coefficient (Wildman–Crippen LogP) is 7.02. The number of hydrogen-bond acceptors (Lipinski definition) is 7. The highest BCUT2D eigenvalue weighted by Gasteiger charge is 2.31. The molecule has 270 valence electrons. The van der Waals surface area contributed by atoms with E-state index >= 15 is 8.78 Å². The number of hydrogen-bond donors (Lipinski definition) is 3. The van der Waals surface area contributed by atoms with Gasteiger partial charge in [0.1, 0.15) is 23.2 Å². The highest BCUT2D eigenvalue weighted by atomic mass is 32.2. The number of amides is 1. The number of carbonyl (C=O) groups excluding carboxylic acids is 1. The number of nitrogens with one attached hydrogen (secondary N) is 2. The molecule has 0 aliphatic heterocycles. The third kappa shape index (κ3) is 7.94. The van der Waals surface area contributed by atoms with Crippen LogP contribution in [0.2, 0.25) is 0 Å². The summed E-state index contributed by atoms with van der Waals surface area (Å²) in [5, 5.41) is 12.4. The maximum absolute atomic E-state index is 15.2. The maximum Gasteiger partial charge on any atom is 0.417 e. The van der Waals surface area contributed by atoms with Crippen molar-refractivity contribution in [3.8, 4) is 22.4 Å². The highest BCUT2D eigenvalue weighted by molar-refractivity contribution is 7.92. The van der Waals surface area contributed by atoms with Gasteiger partial charge in [-0.1, -0.05) is 30.3 Å². The average molecular weight is 752 g/mol. The lowest BCUT2D eigenvalue weighted by atomic mass is 9.96. The Morgan fingerprint density at radius 1 is 0.811 bits per heavy atom. The lowest BCUT2D eigenvalue weighted by Gasteiger charge is -2.18. The minimum absolute atomic E-state index is 0.157. The number of carboxylic acid groups (broad SMARTS) is 1. The Balaban J connectivity index is 1.20. The standard InChI is InChI=1S/C36H23F6N5O5S/c37-27-16-23(47-53(51,52)24-7-3-19(4-8-24)20-11-13-43-31(39)15-20)17-28(38)32(27)34(48)46-30(35(49)50)14-21-5-9-26(33-25(21)2-1-12-44-33)29-10-6-22(18-45-29)36(40,41)42/h1-13,15-18,30,47H,14H2,(H,46,48)(H,49,50). The summed E-state index contributed by atoms with van der Waals surface area (Å²) in [7, 11) is -4.40. The maximum atomic E-state index is 15.2. The van der Waals surface area contributed by atoms with E-state index in [4.69, 9.17) is 0 Å². The molecule has 3 aromatic carbocycles. The molecule has 1 amide bonds. The van der Waals surface area contributed by atoms with Crippen LogP contribution in [-0.4, -0.2) is 46.4 Å². The molecule has 0 saturated carbocycles. The van der Waals surface area contributed by atoms with Crippen molar-refractivity contribution in [2.75, 3.05) is 4.72 Å². The molecule has 0 radical (unpaired) electrons. The second-order valence-corrected chi connectivity index (χ2v) is 13.2. The Hall–Kier alpha value is -6.36. The number of aliphatic carboxylic acids is 1. The second-order valence-electron chi connectivity index (χ2n) is 11.5. The van der Waals surface area contributed by atoms with Gasteiger partial charge >= 0.3 is 12.1 Å². The summed E-state index contributed by atoms with van der Waals surface area (Å²) in [5.41, 5.74) is -0.729. The molecule has 3 heterocycles. The minimum atomic E-state index is -4.60. The number of halogens is 6. The number of anilines is 1. The van der Waals surface area contributed by atoms with Crippen molar-refractivity contribution < 1.29 is 49.5 Å². The zero-order chi connectivity index (χ0) is 38.1. The lowest BCUT2D eigenvalue weighted by Crippen LogP contribution is -2.43. The van der Waals surface area contributed by atoms with Crippen molar-refractivity contribution in [2.24, 2.45) is 0 Å². The number of sulfonamides is 1. The molecule has 0 fully saturated rings. The van der Waals surface area contributed by atoms with Gasteiger partial charge in [0.25, 0.3) is 15.9 Å². The third-order valence-corrected chi connectivity index (χ3v) is 9.40. The van der Waals surface area contributed by atoms with E-state index in [0.717, 1.165) is 18.2 Å². The summed E-state index contributed by atoms with van der Waals surface area (Å²) in [6.07, 6.45) is -1.69. The quantitative estimate of drug-likeness (QED) is 0.0999. The third-order valence-electron chi connectivity index (χ3n) is 8.00. The van der Waals surface area contributed by atoms with Crippen molar-refractivity contribution in [1.29, 1.82) is 0 Å². The van der Waals surface area contributed by atoms with E-state index in [1.54, 1.807) is 6.07 Å². The number of aromatic nitrogens is 3. The molecule has 1 atom stereocenters. The van der Waals surface area contributed by atoms with Crippen molar-refractivity contribution in [1.82, 2.24) is 20.3 Å². The van der Waals surface area contributed by atoms with Crippen LogP contribution in [0.3, 0.4) is 0 Å². The normalized spacial score (nSPS) is 12.3. The number of rotatable bonds is 10. The predicted molar refractivity (Wildman–Crippen MR) is 179 cm³/mol. The Morgan fingerprint density at radius 2 is 1.53 bits per heavy atom. The minimum Gasteiger partial charge on any atom is -0.480 e. The van der Waals surface area contributed by atoms with E-state index in [0.29, 0.717) is 46.0 Å². The first-order chi connectivity index (χ1) is 25.1. The van der Waals surface area contributed by atoms with E-state index < -0.39 is 74.9 Å². The van der Waals surface area contributed by atoms with Crippen molar-refractivity contribution >= 4 is 38.5 Å². The number of carbonyl (C=O) groups is 2. The number of nitrogens with zero attached hydrogens (tertiary/aromatic N) is 3. The molecular weight excluding hydrogens is 728 g/mol. The van der Waals surface area contributed by atoms with E-state index in [-0.39, 0.29) is 16.1 Å². The molecule has 3 aromatic heterocycles. The summed E-state index contributed by atoms with van der Waals surface area (Å²) < 4.78 is 111. The summed E-state index contributed by atoms with van der Waals surface area (Å²) in [6.45, 7) is 0. The fourth-order valence-corrected chi connectivity index (χ4v) is 6.50. The van der Waals surface area contributed by atoms with E-state index in [1.807, 2.05) is 4.72 Å². The molecular formula is C36H23F6N5O5S. The van der Waals surface area contributed by atoms with Crippen LogP contribution in [0.15, 0.2) is 108 Å². The lowest BCUT2D eigenvalue weighted by molar-refractivity contribution is -0.139. The van der Waals surface area contributed by atoms with Gasteiger partial charge in [-0.25, -0.2) is 27.0 Å². The zero-order valence-electron chi connectivity index (χ0n) is 26.7. The molecule has 0 aliphatic rings. The van der Waals surface area contributed by atoms with E-state index in [2.05, 4.69) is 20.3 Å². The van der Waals surface area contributed by atoms with Gasteiger partial charge in [0.15, 0.2) is 0 Å². The number of carboxylic acids is 1. The molecule has 6 rings (SSSR count). The van der Waals surface area contributed by atoms with Crippen LogP contribution in [0, 0.1) is 17.6 Å². The van der Waals surface area contributed by atoms with Gasteiger partial charge in [-0.15, -0.1) is 0 Å². The molecule has 1 unspecified atom stereocenters. The zero-order valence-corrected chi connectivity index (χ0v) is 27.5. The van der Waals surface area contributed by atoms with Gasteiger partial charge < -0.3 is 10.4 Å². The van der Waals surface area contributed by atoms with Gasteiger partial charge in [-0.3, -0.25) is 19.5 Å². The van der Waals surface area contributed by atoms with Crippen molar-refractivity contribution in [2.45, 2.75) is 23.5 Å². The molecule has 0 aliphatic carbocycles. The Morgan fingerprint density at radius 3 is 2.15 bits per heavy atom. The molecule has 3 N–H and O–H groups in total. The monoisotopic (exact) mass is 751 g/mol. The molecule has 0 spiro atoms. The van der Waals surface area contributed by atoms with Gasteiger partial charge in [0.05, 0.1) is 27.4 Å². The van der Waals surface area contributed by atoms with Gasteiger partial charge in [0.2, 0.25) is 5.95 Å². The fourth-order valence-electron chi connectivity index (χ4n) is 5.46. The number of fused-ring (bicyclic) bond motifs is 1. The summed E-state index contributed by atoms with van der Waals surface area (Å²) in [5.74, 6) is -6.74. The van der Waals surface area contributed by atoms with E-state index in [1.165, 1.54) is 60.9 Å². The van der Waals surface area contributed by atoms with Gasteiger partial charge in [0, 0.05) is 42.0 Å². The van der Waals surface area contributed by atoms with Crippen LogP contribution in [0.25, 0.3) is 33.3 Å². The van der Waals surface area contributed by atoms with Crippen LogP contribution < -0.4 is 10.0 Å². The van der Waals surface area contributed by atoms with Crippen molar-refractivity contribution in [3.63, 3.8) is 0 Å². The summed E-state index contributed by atoms with van der Waals surface area (Å²) in [4.78, 5) is 36.6. The Labute approximate surface area is 296 Å². The molecule has 0 saturated heterocycles. The van der Waals surface area contributed by atoms with Crippen LogP contribution in [0.4, 0.5) is 32.0 Å². The molecule has 53 heavy (non-hydrogen) atoms. The summed E-state index contributed by atoms with van der Waals surface area (Å²) in [6, 6.07) is 15.2. The SMILES string of the molecule is O=C(NC(Cc1ccc(-c2ccc(C(F)(F)F)cn2)c2ncccc12)C(=O)O)c1c(F)cc(NS(=O)(=O)c2ccc(-c3ccnc(F)c3)cc2)cc1F. The van der Waals surface area contributed by atoms with Gasteiger partial charge in [-0.05, 0) is 65.2 Å². The topological polar surface area (TPSA) is 151 Å². The first-order valence-corrected chi connectivity index (χ1v) is 16.8. The van der Waals surface area contributed by atoms with Gasteiger partial charge in [-0.2, -0.15) is 17.6 Å². The molecule has 10 nitrogen and oxygen atoms in total. The molecule has 17 heteroatoms. The number of pyridine rings is 3.